The Balaban J connectivity index is 2.14. The Hall–Kier alpha value is -0.570. The number of nitrogens with one attached hydrogen (secondary N) is 1. The number of para-hydroxylation sites is 1. The van der Waals surface area contributed by atoms with Crippen LogP contribution in [0.2, 0.25) is 0 Å². The number of benzene rings is 1. The van der Waals surface area contributed by atoms with Crippen molar-refractivity contribution in [2.24, 2.45) is 11.8 Å². The van der Waals surface area contributed by atoms with Gasteiger partial charge >= 0.3 is 0 Å². The first kappa shape index (κ1) is 12.9. The van der Waals surface area contributed by atoms with E-state index in [9.17, 15) is 4.39 Å². The second kappa shape index (κ2) is 5.38. The lowest BCUT2D eigenvalue weighted by Gasteiger charge is -2.34. The summed E-state index contributed by atoms with van der Waals surface area (Å²) in [6, 6.07) is 5.48. The number of hydrogen-bond donors (Lipinski definition) is 1. The van der Waals surface area contributed by atoms with Gasteiger partial charge in [-0.2, -0.15) is 0 Å². The number of hydrogen-bond acceptors (Lipinski definition) is 1. The van der Waals surface area contributed by atoms with Crippen LogP contribution in [0.3, 0.4) is 0 Å². The van der Waals surface area contributed by atoms with Crippen LogP contribution in [0.25, 0.3) is 0 Å². The second-order valence-corrected chi connectivity index (χ2v) is 6.10. The molecule has 1 N–H and O–H groups in total. The fourth-order valence-corrected chi connectivity index (χ4v) is 3.01. The molecule has 1 fully saturated rings. The molecule has 0 amide bonds. The van der Waals surface area contributed by atoms with Gasteiger partial charge in [-0.3, -0.25) is 0 Å². The minimum absolute atomic E-state index is 0.176. The summed E-state index contributed by atoms with van der Waals surface area (Å²) in [7, 11) is 0. The maximum atomic E-state index is 13.7. The molecule has 0 heterocycles. The molecular weight excluding hydrogens is 281 g/mol. The quantitative estimate of drug-likeness (QED) is 0.825. The van der Waals surface area contributed by atoms with E-state index in [0.29, 0.717) is 17.6 Å². The molecule has 1 aromatic rings. The van der Waals surface area contributed by atoms with E-state index in [1.54, 1.807) is 6.07 Å². The van der Waals surface area contributed by atoms with Gasteiger partial charge in [0.1, 0.15) is 5.82 Å². The fraction of sp³-hybridized carbons (Fsp3) is 0.571. The van der Waals surface area contributed by atoms with Gasteiger partial charge in [-0.25, -0.2) is 4.39 Å². The molecule has 2 rings (SSSR count). The zero-order chi connectivity index (χ0) is 12.4. The third-order valence-electron chi connectivity index (χ3n) is 3.75. The van der Waals surface area contributed by atoms with E-state index in [2.05, 4.69) is 35.1 Å². The zero-order valence-corrected chi connectivity index (χ0v) is 11.9. The van der Waals surface area contributed by atoms with Crippen molar-refractivity contribution in [3.63, 3.8) is 0 Å². The molecule has 0 saturated heterocycles. The van der Waals surface area contributed by atoms with Crippen molar-refractivity contribution < 1.29 is 4.39 Å². The number of anilines is 1. The van der Waals surface area contributed by atoms with Crippen LogP contribution in [0, 0.1) is 17.7 Å². The molecule has 1 aliphatic rings. The minimum atomic E-state index is -0.176. The van der Waals surface area contributed by atoms with Crippen molar-refractivity contribution >= 4 is 21.6 Å². The minimum Gasteiger partial charge on any atom is -0.379 e. The largest absolute Gasteiger partial charge is 0.379 e. The molecule has 0 bridgehead atoms. The molecule has 3 heteroatoms. The van der Waals surface area contributed by atoms with Crippen LogP contribution >= 0.6 is 15.9 Å². The van der Waals surface area contributed by atoms with Crippen LogP contribution in [0.4, 0.5) is 10.1 Å². The molecule has 0 aliphatic heterocycles. The fourth-order valence-electron chi connectivity index (χ4n) is 2.55. The molecular formula is C14H19BrFN. The van der Waals surface area contributed by atoms with Crippen molar-refractivity contribution in [2.45, 2.75) is 39.2 Å². The Morgan fingerprint density at radius 1 is 1.29 bits per heavy atom. The topological polar surface area (TPSA) is 12.0 Å². The molecule has 0 spiro atoms. The van der Waals surface area contributed by atoms with Gasteiger partial charge < -0.3 is 5.32 Å². The highest BCUT2D eigenvalue weighted by Crippen LogP contribution is 2.33. The van der Waals surface area contributed by atoms with Gasteiger partial charge in [0.15, 0.2) is 0 Å². The maximum absolute atomic E-state index is 13.7. The predicted molar refractivity (Wildman–Crippen MR) is 73.7 cm³/mol. The highest BCUT2D eigenvalue weighted by molar-refractivity contribution is 9.10. The third-order valence-corrected chi connectivity index (χ3v) is 4.41. The van der Waals surface area contributed by atoms with Gasteiger partial charge in [0.05, 0.1) is 5.69 Å². The maximum Gasteiger partial charge on any atom is 0.147 e. The molecule has 1 aliphatic carbocycles. The SMILES string of the molecule is CC1CCC(C)C(Nc2c(F)cccc2Br)C1. The van der Waals surface area contributed by atoms with Gasteiger partial charge in [-0.05, 0) is 52.7 Å². The zero-order valence-electron chi connectivity index (χ0n) is 10.3. The lowest BCUT2D eigenvalue weighted by Crippen LogP contribution is -2.33. The summed E-state index contributed by atoms with van der Waals surface area (Å²) in [5.41, 5.74) is 0.610. The molecule has 0 radical (unpaired) electrons. The van der Waals surface area contributed by atoms with Crippen LogP contribution in [0.1, 0.15) is 33.1 Å². The molecule has 0 aromatic heterocycles. The van der Waals surface area contributed by atoms with Crippen LogP contribution in [0.15, 0.2) is 22.7 Å². The average molecular weight is 300 g/mol. The predicted octanol–water partition coefficient (Wildman–Crippen LogP) is 4.82. The van der Waals surface area contributed by atoms with Crippen molar-refractivity contribution in [1.29, 1.82) is 0 Å². The Morgan fingerprint density at radius 3 is 2.76 bits per heavy atom. The van der Waals surface area contributed by atoms with E-state index in [1.165, 1.54) is 18.9 Å². The molecule has 3 unspecified atom stereocenters. The van der Waals surface area contributed by atoms with E-state index < -0.39 is 0 Å². The lowest BCUT2D eigenvalue weighted by atomic mass is 9.80. The van der Waals surface area contributed by atoms with Gasteiger partial charge in [-0.15, -0.1) is 0 Å². The van der Waals surface area contributed by atoms with E-state index in [0.717, 1.165) is 16.8 Å². The van der Waals surface area contributed by atoms with E-state index >= 15 is 0 Å². The summed E-state index contributed by atoms with van der Waals surface area (Å²) in [6.45, 7) is 4.52. The second-order valence-electron chi connectivity index (χ2n) is 5.24. The first-order valence-electron chi connectivity index (χ1n) is 6.28. The van der Waals surface area contributed by atoms with Crippen LogP contribution in [-0.2, 0) is 0 Å². The van der Waals surface area contributed by atoms with Crippen LogP contribution in [0.5, 0.6) is 0 Å². The normalized spacial score (nSPS) is 29.1. The van der Waals surface area contributed by atoms with Gasteiger partial charge in [0, 0.05) is 10.5 Å². The summed E-state index contributed by atoms with van der Waals surface area (Å²) in [6.07, 6.45) is 3.64. The highest BCUT2D eigenvalue weighted by atomic mass is 79.9. The Kier molecular flexibility index (Phi) is 4.08. The molecule has 1 saturated carbocycles. The number of rotatable bonds is 2. The summed E-state index contributed by atoms with van der Waals surface area (Å²) in [5, 5.41) is 3.38. The Labute approximate surface area is 111 Å². The van der Waals surface area contributed by atoms with Gasteiger partial charge in [0.2, 0.25) is 0 Å². The first-order valence-corrected chi connectivity index (χ1v) is 7.07. The molecule has 1 nitrogen and oxygen atoms in total. The highest BCUT2D eigenvalue weighted by Gasteiger charge is 2.26. The summed E-state index contributed by atoms with van der Waals surface area (Å²) >= 11 is 3.41. The van der Waals surface area contributed by atoms with Crippen LogP contribution in [-0.4, -0.2) is 6.04 Å². The molecule has 1 aromatic carbocycles. The molecule has 3 atom stereocenters. The third kappa shape index (κ3) is 3.01. The molecule has 17 heavy (non-hydrogen) atoms. The van der Waals surface area contributed by atoms with E-state index in [4.69, 9.17) is 0 Å². The summed E-state index contributed by atoms with van der Waals surface area (Å²) in [5.74, 6) is 1.16. The molecule has 94 valence electrons. The number of halogens is 2. The van der Waals surface area contributed by atoms with Crippen LogP contribution < -0.4 is 5.32 Å². The first-order chi connectivity index (χ1) is 8.08. The van der Waals surface area contributed by atoms with Crippen molar-refractivity contribution in [2.75, 3.05) is 5.32 Å². The monoisotopic (exact) mass is 299 g/mol. The van der Waals surface area contributed by atoms with Crippen molar-refractivity contribution in [1.82, 2.24) is 0 Å². The van der Waals surface area contributed by atoms with E-state index in [1.807, 2.05) is 6.07 Å². The summed E-state index contributed by atoms with van der Waals surface area (Å²) in [4.78, 5) is 0. The Bertz CT molecular complexity index is 374. The van der Waals surface area contributed by atoms with E-state index in [-0.39, 0.29) is 5.82 Å². The van der Waals surface area contributed by atoms with Gasteiger partial charge in [0.25, 0.3) is 0 Å². The van der Waals surface area contributed by atoms with Gasteiger partial charge in [-0.1, -0.05) is 26.3 Å². The lowest BCUT2D eigenvalue weighted by molar-refractivity contribution is 0.280. The van der Waals surface area contributed by atoms with Crippen molar-refractivity contribution in [3.05, 3.63) is 28.5 Å². The Morgan fingerprint density at radius 2 is 2.06 bits per heavy atom. The summed E-state index contributed by atoms with van der Waals surface area (Å²) < 4.78 is 14.5. The smallest absolute Gasteiger partial charge is 0.147 e. The standard InChI is InChI=1S/C14H19BrFN/c1-9-6-7-10(2)13(8-9)17-14-11(15)4-3-5-12(14)16/h3-5,9-10,13,17H,6-8H2,1-2H3. The van der Waals surface area contributed by atoms with Crippen molar-refractivity contribution in [3.8, 4) is 0 Å². The average Bonchev–Trinajstić information content (AvgIpc) is 2.28.